The van der Waals surface area contributed by atoms with Gasteiger partial charge in [-0.3, -0.25) is 19.5 Å². The van der Waals surface area contributed by atoms with Gasteiger partial charge in [-0.25, -0.2) is 5.01 Å². The van der Waals surface area contributed by atoms with Gasteiger partial charge in [-0.15, -0.1) is 0 Å². The number of Topliss-reactive ketones (excluding diaryl/α,β-unsaturated/α-hetero) is 1. The Bertz CT molecular complexity index is 1030. The number of hydrazine groups is 1. The SMILES string of the molecule is CN1C=C(NC(=O)[C@@H]2CCCC[C@H]2C(=O)c2ccc(-c3ccn[nH]3)cc2)C(C(N)=O)N1C. The number of primary amides is 1. The third-order valence-electron chi connectivity index (χ3n) is 6.45. The van der Waals surface area contributed by atoms with Crippen LogP contribution in [0.15, 0.2) is 48.4 Å². The average Bonchev–Trinajstić information content (AvgIpc) is 3.42. The van der Waals surface area contributed by atoms with Gasteiger partial charge in [-0.2, -0.15) is 5.10 Å². The van der Waals surface area contributed by atoms with Crippen LogP contribution in [0.1, 0.15) is 36.0 Å². The molecule has 1 aromatic carbocycles. The Hall–Kier alpha value is -3.46. The van der Waals surface area contributed by atoms with Crippen LogP contribution in [0.5, 0.6) is 0 Å². The second-order valence-corrected chi connectivity index (χ2v) is 8.44. The molecule has 1 aromatic heterocycles. The van der Waals surface area contributed by atoms with Crippen molar-refractivity contribution in [3.8, 4) is 11.3 Å². The minimum absolute atomic E-state index is 0.0258. The number of likely N-dealkylation sites (N-methyl/N-ethyl adjacent to an activating group) is 1. The maximum absolute atomic E-state index is 13.3. The molecule has 0 radical (unpaired) electrons. The molecule has 3 atom stereocenters. The molecule has 2 amide bonds. The second kappa shape index (κ2) is 8.96. The topological polar surface area (TPSA) is 124 Å². The van der Waals surface area contributed by atoms with Crippen LogP contribution in [-0.2, 0) is 9.59 Å². The summed E-state index contributed by atoms with van der Waals surface area (Å²) >= 11 is 0. The fourth-order valence-electron chi connectivity index (χ4n) is 4.62. The van der Waals surface area contributed by atoms with Gasteiger partial charge >= 0.3 is 0 Å². The van der Waals surface area contributed by atoms with Gasteiger partial charge in [0.05, 0.1) is 11.4 Å². The molecule has 4 N–H and O–H groups in total. The van der Waals surface area contributed by atoms with E-state index >= 15 is 0 Å². The zero-order valence-electron chi connectivity index (χ0n) is 18.2. The van der Waals surface area contributed by atoms with Gasteiger partial charge in [-0.1, -0.05) is 37.1 Å². The van der Waals surface area contributed by atoms with Crippen LogP contribution >= 0.6 is 0 Å². The van der Waals surface area contributed by atoms with Crippen molar-refractivity contribution in [2.45, 2.75) is 31.7 Å². The first-order valence-corrected chi connectivity index (χ1v) is 10.8. The number of ketones is 1. The molecule has 1 aliphatic heterocycles. The van der Waals surface area contributed by atoms with Crippen LogP contribution in [0.3, 0.4) is 0 Å². The smallest absolute Gasteiger partial charge is 0.242 e. The lowest BCUT2D eigenvalue weighted by atomic mass is 9.75. The van der Waals surface area contributed by atoms with Gasteiger partial charge < -0.3 is 16.1 Å². The van der Waals surface area contributed by atoms with Crippen molar-refractivity contribution in [1.29, 1.82) is 0 Å². The van der Waals surface area contributed by atoms with Crippen LogP contribution in [-0.4, -0.2) is 57.9 Å². The van der Waals surface area contributed by atoms with Crippen molar-refractivity contribution in [3.63, 3.8) is 0 Å². The molecule has 0 saturated heterocycles. The Kier molecular flexibility index (Phi) is 6.09. The number of amides is 2. The number of nitrogens with zero attached hydrogens (tertiary/aromatic N) is 3. The number of H-pyrrole nitrogens is 1. The van der Waals surface area contributed by atoms with Crippen molar-refractivity contribution in [2.75, 3.05) is 14.1 Å². The number of benzene rings is 1. The maximum Gasteiger partial charge on any atom is 0.242 e. The summed E-state index contributed by atoms with van der Waals surface area (Å²) in [6.45, 7) is 0. The lowest BCUT2D eigenvalue weighted by molar-refractivity contribution is -0.127. The number of nitrogens with two attached hydrogens (primary N) is 1. The van der Waals surface area contributed by atoms with Crippen molar-refractivity contribution in [2.24, 2.45) is 17.6 Å². The molecule has 9 heteroatoms. The highest BCUT2D eigenvalue weighted by molar-refractivity contribution is 6.01. The van der Waals surface area contributed by atoms with Crippen molar-refractivity contribution in [1.82, 2.24) is 25.5 Å². The Morgan fingerprint density at radius 2 is 1.75 bits per heavy atom. The zero-order valence-corrected chi connectivity index (χ0v) is 18.2. The van der Waals surface area contributed by atoms with Gasteiger partial charge in [-0.05, 0) is 24.5 Å². The van der Waals surface area contributed by atoms with E-state index in [-0.39, 0.29) is 11.7 Å². The van der Waals surface area contributed by atoms with Gasteiger partial charge in [0.2, 0.25) is 11.8 Å². The highest BCUT2D eigenvalue weighted by Crippen LogP contribution is 2.34. The molecular weight excluding hydrogens is 408 g/mol. The molecule has 2 heterocycles. The quantitative estimate of drug-likeness (QED) is 0.592. The Morgan fingerprint density at radius 1 is 1.06 bits per heavy atom. The molecule has 9 nitrogen and oxygen atoms in total. The summed E-state index contributed by atoms with van der Waals surface area (Å²) in [5.41, 5.74) is 8.38. The summed E-state index contributed by atoms with van der Waals surface area (Å²) in [6, 6.07) is 8.49. The molecule has 1 aliphatic carbocycles. The Balaban J connectivity index is 1.50. The zero-order chi connectivity index (χ0) is 22.8. The van der Waals surface area contributed by atoms with Crippen LogP contribution < -0.4 is 11.1 Å². The number of aromatic nitrogens is 2. The molecular formula is C23H28N6O3. The fourth-order valence-corrected chi connectivity index (χ4v) is 4.62. The van der Waals surface area contributed by atoms with Gasteiger partial charge in [0.1, 0.15) is 6.04 Å². The highest BCUT2D eigenvalue weighted by Gasteiger charge is 2.39. The predicted octanol–water partition coefficient (Wildman–Crippen LogP) is 1.67. The van der Waals surface area contributed by atoms with E-state index in [0.29, 0.717) is 24.1 Å². The van der Waals surface area contributed by atoms with Crippen LogP contribution in [0, 0.1) is 11.8 Å². The van der Waals surface area contributed by atoms with E-state index in [4.69, 9.17) is 5.73 Å². The number of rotatable bonds is 6. The number of hydrogen-bond acceptors (Lipinski definition) is 6. The molecule has 2 aliphatic rings. The summed E-state index contributed by atoms with van der Waals surface area (Å²) in [7, 11) is 3.50. The average molecular weight is 437 g/mol. The Morgan fingerprint density at radius 3 is 2.38 bits per heavy atom. The first-order chi connectivity index (χ1) is 15.4. The van der Waals surface area contributed by atoms with Crippen LogP contribution in [0.4, 0.5) is 0 Å². The highest BCUT2D eigenvalue weighted by atomic mass is 16.2. The number of nitrogens with one attached hydrogen (secondary N) is 2. The van der Waals surface area contributed by atoms with Gasteiger partial charge in [0.25, 0.3) is 0 Å². The summed E-state index contributed by atoms with van der Waals surface area (Å²) < 4.78 is 0. The summed E-state index contributed by atoms with van der Waals surface area (Å²) in [6.07, 6.45) is 6.45. The van der Waals surface area contributed by atoms with E-state index in [0.717, 1.165) is 24.1 Å². The maximum atomic E-state index is 13.3. The van der Waals surface area contributed by atoms with Crippen LogP contribution in [0.25, 0.3) is 11.3 Å². The van der Waals surface area contributed by atoms with Gasteiger partial charge in [0.15, 0.2) is 5.78 Å². The predicted molar refractivity (Wildman–Crippen MR) is 119 cm³/mol. The van der Waals surface area contributed by atoms with Gasteiger partial charge in [0, 0.05) is 43.9 Å². The van der Waals surface area contributed by atoms with E-state index in [1.165, 1.54) is 0 Å². The largest absolute Gasteiger partial charge is 0.368 e. The first-order valence-electron chi connectivity index (χ1n) is 10.8. The van der Waals surface area contributed by atoms with Crippen molar-refractivity contribution < 1.29 is 14.4 Å². The summed E-state index contributed by atoms with van der Waals surface area (Å²) in [5, 5.41) is 13.1. The molecule has 32 heavy (non-hydrogen) atoms. The lowest BCUT2D eigenvalue weighted by Crippen LogP contribution is -2.48. The normalized spacial score (nSPS) is 23.6. The van der Waals surface area contributed by atoms with Crippen molar-refractivity contribution >= 4 is 17.6 Å². The van der Waals surface area contributed by atoms with Crippen molar-refractivity contribution in [3.05, 3.63) is 54.0 Å². The monoisotopic (exact) mass is 436 g/mol. The number of carbonyl (C=O) groups excluding carboxylic acids is 3. The van der Waals surface area contributed by atoms with E-state index < -0.39 is 23.8 Å². The minimum atomic E-state index is -0.739. The summed E-state index contributed by atoms with van der Waals surface area (Å²) in [4.78, 5) is 38.4. The second-order valence-electron chi connectivity index (χ2n) is 8.44. The molecule has 1 unspecified atom stereocenters. The van der Waals surface area contributed by atoms with E-state index in [1.807, 2.05) is 18.2 Å². The number of hydrogen-bond donors (Lipinski definition) is 3. The third-order valence-corrected chi connectivity index (χ3v) is 6.45. The molecule has 168 valence electrons. The molecule has 4 rings (SSSR count). The molecule has 0 bridgehead atoms. The Labute approximate surface area is 186 Å². The molecule has 0 spiro atoms. The van der Waals surface area contributed by atoms with E-state index in [9.17, 15) is 14.4 Å². The number of carbonyl (C=O) groups is 3. The third kappa shape index (κ3) is 4.16. The molecule has 2 aromatic rings. The molecule has 1 fully saturated rings. The fraction of sp³-hybridized carbons (Fsp3) is 0.391. The first kappa shape index (κ1) is 21.8. The lowest BCUT2D eigenvalue weighted by Gasteiger charge is -2.30. The standard InChI is InChI=1S/C23H28N6O3/c1-28-13-19(20(22(24)31)29(28)2)26-23(32)17-6-4-3-5-16(17)21(30)15-9-7-14(8-10-15)18-11-12-25-27-18/h7-13,16-17,20H,3-6H2,1-2H3,(H2,24,31)(H,25,27)(H,26,32)/t16-,17-,20?/m1/s1. The van der Waals surface area contributed by atoms with E-state index in [1.54, 1.807) is 48.6 Å². The minimum Gasteiger partial charge on any atom is -0.368 e. The molecule has 1 saturated carbocycles. The van der Waals surface area contributed by atoms with E-state index in [2.05, 4.69) is 15.5 Å². The number of aromatic amines is 1. The summed E-state index contributed by atoms with van der Waals surface area (Å²) in [5.74, 6) is -1.65. The van der Waals surface area contributed by atoms with Crippen LogP contribution in [0.2, 0.25) is 0 Å².